The highest BCUT2D eigenvalue weighted by atomic mass is 16.2. The molecule has 1 aliphatic rings. The number of amides is 1. The van der Waals surface area contributed by atoms with Crippen LogP contribution in [0.15, 0.2) is 67.3 Å². The Hall–Kier alpha value is -2.95. The lowest BCUT2D eigenvalue weighted by Gasteiger charge is -2.37. The number of hydrogen-bond donors (Lipinski definition) is 0. The Kier molecular flexibility index (Phi) is 3.38. The van der Waals surface area contributed by atoms with Gasteiger partial charge in [-0.15, -0.1) is 0 Å². The molecule has 0 aliphatic carbocycles. The molecule has 4 rings (SSSR count). The van der Waals surface area contributed by atoms with E-state index in [1.165, 1.54) is 6.20 Å². The maximum absolute atomic E-state index is 12.9. The third-order valence-electron chi connectivity index (χ3n) is 4.20. The Labute approximate surface area is 134 Å². The van der Waals surface area contributed by atoms with Gasteiger partial charge in [-0.3, -0.25) is 9.78 Å². The van der Waals surface area contributed by atoms with E-state index in [4.69, 9.17) is 0 Å². The molecule has 0 unspecified atom stereocenters. The molecule has 5 nitrogen and oxygen atoms in total. The van der Waals surface area contributed by atoms with Gasteiger partial charge >= 0.3 is 0 Å². The van der Waals surface area contributed by atoms with Crippen molar-refractivity contribution in [1.82, 2.24) is 19.4 Å². The van der Waals surface area contributed by atoms with Gasteiger partial charge in [-0.05, 0) is 17.7 Å². The van der Waals surface area contributed by atoms with E-state index >= 15 is 0 Å². The first-order chi connectivity index (χ1) is 11.3. The molecule has 0 spiro atoms. The SMILES string of the molecule is O=C(c1cnccn1)N1CCn2cccc2[C@H]1c1ccccc1. The molecule has 114 valence electrons. The highest BCUT2D eigenvalue weighted by molar-refractivity contribution is 5.92. The van der Waals surface area contributed by atoms with Gasteiger partial charge in [-0.1, -0.05) is 30.3 Å². The smallest absolute Gasteiger partial charge is 0.274 e. The maximum Gasteiger partial charge on any atom is 0.274 e. The number of rotatable bonds is 2. The van der Waals surface area contributed by atoms with Crippen LogP contribution in [-0.2, 0) is 6.54 Å². The van der Waals surface area contributed by atoms with Gasteiger partial charge in [0.05, 0.1) is 12.2 Å². The largest absolute Gasteiger partial charge is 0.348 e. The molecule has 1 aromatic carbocycles. The fourth-order valence-electron chi connectivity index (χ4n) is 3.14. The summed E-state index contributed by atoms with van der Waals surface area (Å²) in [7, 11) is 0. The predicted octanol–water partition coefficient (Wildman–Crippen LogP) is 2.52. The van der Waals surface area contributed by atoms with Crippen LogP contribution in [0.4, 0.5) is 0 Å². The average Bonchev–Trinajstić information content (AvgIpc) is 3.10. The molecule has 0 bridgehead atoms. The molecular formula is C18H16N4O. The van der Waals surface area contributed by atoms with E-state index in [-0.39, 0.29) is 11.9 Å². The average molecular weight is 304 g/mol. The zero-order valence-corrected chi connectivity index (χ0v) is 12.5. The summed E-state index contributed by atoms with van der Waals surface area (Å²) in [5, 5.41) is 0. The second-order valence-electron chi connectivity index (χ2n) is 5.53. The lowest BCUT2D eigenvalue weighted by Crippen LogP contribution is -2.42. The van der Waals surface area contributed by atoms with Crippen LogP contribution >= 0.6 is 0 Å². The molecule has 2 aromatic heterocycles. The quantitative estimate of drug-likeness (QED) is 0.731. The lowest BCUT2D eigenvalue weighted by atomic mass is 9.99. The van der Waals surface area contributed by atoms with Gasteiger partial charge in [0, 0.05) is 37.4 Å². The third kappa shape index (κ3) is 2.40. The van der Waals surface area contributed by atoms with Crippen molar-refractivity contribution in [2.75, 3.05) is 6.54 Å². The van der Waals surface area contributed by atoms with E-state index in [1.807, 2.05) is 29.2 Å². The first-order valence-electron chi connectivity index (χ1n) is 7.61. The molecule has 0 N–H and O–H groups in total. The van der Waals surface area contributed by atoms with E-state index in [2.05, 4.69) is 38.9 Å². The number of carbonyl (C=O) groups excluding carboxylic acids is 1. The van der Waals surface area contributed by atoms with Crippen LogP contribution in [0.25, 0.3) is 0 Å². The molecule has 3 aromatic rings. The summed E-state index contributed by atoms with van der Waals surface area (Å²) in [6, 6.07) is 14.1. The molecule has 0 fully saturated rings. The van der Waals surface area contributed by atoms with Crippen LogP contribution < -0.4 is 0 Å². The molecule has 5 heteroatoms. The van der Waals surface area contributed by atoms with Crippen molar-refractivity contribution in [3.8, 4) is 0 Å². The molecule has 3 heterocycles. The van der Waals surface area contributed by atoms with Gasteiger partial charge in [0.25, 0.3) is 5.91 Å². The van der Waals surface area contributed by atoms with Crippen LogP contribution in [0.1, 0.15) is 27.8 Å². The van der Waals surface area contributed by atoms with Crippen LogP contribution in [0.3, 0.4) is 0 Å². The molecule has 1 amide bonds. The summed E-state index contributed by atoms with van der Waals surface area (Å²) in [5.41, 5.74) is 2.61. The second kappa shape index (κ2) is 5.68. The Balaban J connectivity index is 1.78. The standard InChI is InChI=1S/C18H16N4O/c23-18(15-13-19-8-9-20-15)22-12-11-21-10-4-7-16(21)17(22)14-5-2-1-3-6-14/h1-10,13,17H,11-12H2/t17-/m1/s1. The lowest BCUT2D eigenvalue weighted by molar-refractivity contribution is 0.0657. The first kappa shape index (κ1) is 13.7. The number of carbonyl (C=O) groups is 1. The van der Waals surface area contributed by atoms with E-state index in [0.717, 1.165) is 17.8 Å². The van der Waals surface area contributed by atoms with Gasteiger partial charge in [-0.25, -0.2) is 4.98 Å². The Morgan fingerprint density at radius 2 is 1.91 bits per heavy atom. The molecular weight excluding hydrogens is 288 g/mol. The molecule has 1 aliphatic heterocycles. The number of benzene rings is 1. The molecule has 0 radical (unpaired) electrons. The number of hydrogen-bond acceptors (Lipinski definition) is 3. The third-order valence-corrected chi connectivity index (χ3v) is 4.20. The van der Waals surface area contributed by atoms with Crippen molar-refractivity contribution in [2.24, 2.45) is 0 Å². The minimum absolute atomic E-state index is 0.0839. The zero-order chi connectivity index (χ0) is 15.6. The Bertz CT molecular complexity index is 813. The van der Waals surface area contributed by atoms with Crippen LogP contribution in [0, 0.1) is 0 Å². The van der Waals surface area contributed by atoms with Gasteiger partial charge in [0.2, 0.25) is 0 Å². The number of fused-ring (bicyclic) bond motifs is 1. The van der Waals surface area contributed by atoms with Gasteiger partial charge < -0.3 is 9.47 Å². The van der Waals surface area contributed by atoms with Crippen molar-refractivity contribution in [1.29, 1.82) is 0 Å². The van der Waals surface area contributed by atoms with E-state index < -0.39 is 0 Å². The van der Waals surface area contributed by atoms with Crippen LogP contribution in [-0.4, -0.2) is 31.9 Å². The summed E-state index contributed by atoms with van der Waals surface area (Å²) in [6.45, 7) is 1.44. The van der Waals surface area contributed by atoms with Crippen molar-refractivity contribution in [3.63, 3.8) is 0 Å². The van der Waals surface area contributed by atoms with Crippen LogP contribution in [0.2, 0.25) is 0 Å². The summed E-state index contributed by atoms with van der Waals surface area (Å²) < 4.78 is 2.21. The fraction of sp³-hybridized carbons (Fsp3) is 0.167. The first-order valence-corrected chi connectivity index (χ1v) is 7.61. The van der Waals surface area contributed by atoms with Crippen LogP contribution in [0.5, 0.6) is 0 Å². The summed E-state index contributed by atoms with van der Waals surface area (Å²) in [6.07, 6.45) is 6.72. The van der Waals surface area contributed by atoms with E-state index in [1.54, 1.807) is 12.4 Å². The zero-order valence-electron chi connectivity index (χ0n) is 12.5. The van der Waals surface area contributed by atoms with E-state index in [0.29, 0.717) is 12.2 Å². The highest BCUT2D eigenvalue weighted by Crippen LogP contribution is 2.33. The minimum Gasteiger partial charge on any atom is -0.348 e. The Morgan fingerprint density at radius 3 is 2.70 bits per heavy atom. The monoisotopic (exact) mass is 304 g/mol. The highest BCUT2D eigenvalue weighted by Gasteiger charge is 2.33. The van der Waals surface area contributed by atoms with Crippen molar-refractivity contribution in [2.45, 2.75) is 12.6 Å². The molecule has 0 saturated heterocycles. The molecule has 1 atom stereocenters. The number of nitrogens with zero attached hydrogens (tertiary/aromatic N) is 4. The number of aromatic nitrogens is 3. The van der Waals surface area contributed by atoms with Crippen molar-refractivity contribution >= 4 is 5.91 Å². The topological polar surface area (TPSA) is 51.0 Å². The normalized spacial score (nSPS) is 16.9. The molecule has 23 heavy (non-hydrogen) atoms. The van der Waals surface area contributed by atoms with Gasteiger partial charge in [0.15, 0.2) is 0 Å². The minimum atomic E-state index is -0.102. The summed E-state index contributed by atoms with van der Waals surface area (Å²) in [4.78, 5) is 23.0. The fourth-order valence-corrected chi connectivity index (χ4v) is 3.14. The second-order valence-corrected chi connectivity index (χ2v) is 5.53. The maximum atomic E-state index is 12.9. The van der Waals surface area contributed by atoms with Gasteiger partial charge in [0.1, 0.15) is 5.69 Å². The van der Waals surface area contributed by atoms with Crippen molar-refractivity contribution < 1.29 is 4.79 Å². The summed E-state index contributed by atoms with van der Waals surface area (Å²) >= 11 is 0. The van der Waals surface area contributed by atoms with Gasteiger partial charge in [-0.2, -0.15) is 0 Å². The van der Waals surface area contributed by atoms with Crippen molar-refractivity contribution in [3.05, 3.63) is 84.2 Å². The molecule has 0 saturated carbocycles. The summed E-state index contributed by atoms with van der Waals surface area (Å²) in [5.74, 6) is -0.0839. The Morgan fingerprint density at radius 1 is 1.04 bits per heavy atom. The van der Waals surface area contributed by atoms with E-state index in [9.17, 15) is 4.79 Å². The predicted molar refractivity (Wildman–Crippen MR) is 85.8 cm³/mol.